The highest BCUT2D eigenvalue weighted by Gasteiger charge is 2.32. The van der Waals surface area contributed by atoms with E-state index in [1.807, 2.05) is 0 Å². The van der Waals surface area contributed by atoms with E-state index >= 15 is 0 Å². The van der Waals surface area contributed by atoms with Gasteiger partial charge in [-0.05, 0) is 19.8 Å². The predicted molar refractivity (Wildman–Crippen MR) is 71.4 cm³/mol. The van der Waals surface area contributed by atoms with E-state index in [1.165, 1.54) is 6.26 Å². The van der Waals surface area contributed by atoms with Crippen molar-refractivity contribution in [1.29, 1.82) is 0 Å². The first-order valence-corrected chi connectivity index (χ1v) is 7.77. The number of hydrogen-bond acceptors (Lipinski definition) is 5. The molecule has 2 rings (SSSR count). The lowest BCUT2D eigenvalue weighted by Gasteiger charge is -2.37. The summed E-state index contributed by atoms with van der Waals surface area (Å²) in [6.45, 7) is 2.52. The SMILES string of the molecule is C[S+]([O-])c1nc(Cl)c(F)c(N2CCC[C@@](C)(O)C2)n1. The molecule has 1 fully saturated rings. The zero-order valence-corrected chi connectivity index (χ0v) is 12.3. The van der Waals surface area contributed by atoms with Gasteiger partial charge < -0.3 is 14.6 Å². The summed E-state index contributed by atoms with van der Waals surface area (Å²) in [6, 6.07) is 0. The molecule has 2 heterocycles. The number of hydrogen-bond donors (Lipinski definition) is 1. The van der Waals surface area contributed by atoms with Crippen LogP contribution in [0, 0.1) is 5.82 Å². The first-order chi connectivity index (χ1) is 8.80. The van der Waals surface area contributed by atoms with Crippen LogP contribution in [-0.2, 0) is 11.2 Å². The highest BCUT2D eigenvalue weighted by Crippen LogP contribution is 2.29. The van der Waals surface area contributed by atoms with E-state index in [2.05, 4.69) is 9.97 Å². The number of aliphatic hydroxyl groups is 1. The minimum atomic E-state index is -1.44. The fourth-order valence-electron chi connectivity index (χ4n) is 2.13. The summed E-state index contributed by atoms with van der Waals surface area (Å²) >= 11 is 4.26. The van der Waals surface area contributed by atoms with Crippen molar-refractivity contribution in [3.63, 3.8) is 0 Å². The summed E-state index contributed by atoms with van der Waals surface area (Å²) in [5, 5.41) is 9.69. The van der Waals surface area contributed by atoms with Crippen LogP contribution in [0.25, 0.3) is 0 Å². The molecule has 1 aliphatic heterocycles. The molecule has 1 aromatic heterocycles. The molecule has 1 aromatic rings. The van der Waals surface area contributed by atoms with Crippen LogP contribution < -0.4 is 4.90 Å². The van der Waals surface area contributed by atoms with E-state index in [0.29, 0.717) is 13.0 Å². The maximum atomic E-state index is 14.0. The van der Waals surface area contributed by atoms with Gasteiger partial charge in [-0.2, -0.15) is 14.4 Å². The van der Waals surface area contributed by atoms with Crippen molar-refractivity contribution < 1.29 is 14.0 Å². The lowest BCUT2D eigenvalue weighted by molar-refractivity contribution is 0.0445. The fraction of sp³-hybridized carbons (Fsp3) is 0.636. The van der Waals surface area contributed by atoms with Crippen LogP contribution in [0.5, 0.6) is 0 Å². The van der Waals surface area contributed by atoms with Crippen LogP contribution in [-0.4, -0.2) is 44.6 Å². The van der Waals surface area contributed by atoms with Crippen LogP contribution >= 0.6 is 11.6 Å². The number of aromatic nitrogens is 2. The van der Waals surface area contributed by atoms with Gasteiger partial charge in [0.05, 0.1) is 5.60 Å². The summed E-state index contributed by atoms with van der Waals surface area (Å²) in [6.07, 6.45) is 2.77. The minimum Gasteiger partial charge on any atom is -0.609 e. The topological polar surface area (TPSA) is 72.3 Å². The van der Waals surface area contributed by atoms with Gasteiger partial charge in [-0.25, -0.2) is 0 Å². The Morgan fingerprint density at radius 1 is 1.53 bits per heavy atom. The van der Waals surface area contributed by atoms with E-state index in [9.17, 15) is 14.0 Å². The second kappa shape index (κ2) is 5.40. The van der Waals surface area contributed by atoms with Crippen LogP contribution in [0.1, 0.15) is 19.8 Å². The Morgan fingerprint density at radius 3 is 2.79 bits per heavy atom. The van der Waals surface area contributed by atoms with E-state index in [0.717, 1.165) is 6.42 Å². The third-order valence-electron chi connectivity index (χ3n) is 3.00. The predicted octanol–water partition coefficient (Wildman–Crippen LogP) is 1.36. The summed E-state index contributed by atoms with van der Waals surface area (Å²) in [7, 11) is 0. The van der Waals surface area contributed by atoms with Crippen molar-refractivity contribution >= 4 is 28.6 Å². The number of β-amino-alcohol motifs (C(OH)–C–C–N with tert-alkyl or cyclic N) is 1. The Morgan fingerprint density at radius 2 is 2.21 bits per heavy atom. The summed E-state index contributed by atoms with van der Waals surface area (Å²) in [5.74, 6) is -0.737. The van der Waals surface area contributed by atoms with Gasteiger partial charge in [0.1, 0.15) is 6.26 Å². The molecule has 0 amide bonds. The van der Waals surface area contributed by atoms with Gasteiger partial charge in [0, 0.05) is 24.3 Å². The number of nitrogens with zero attached hydrogens (tertiary/aromatic N) is 3. The number of rotatable bonds is 2. The zero-order chi connectivity index (χ0) is 14.2. The van der Waals surface area contributed by atoms with Gasteiger partial charge in [-0.15, -0.1) is 0 Å². The summed E-state index contributed by atoms with van der Waals surface area (Å²) in [4.78, 5) is 9.23. The van der Waals surface area contributed by atoms with Crippen LogP contribution in [0.3, 0.4) is 0 Å². The second-order valence-corrected chi connectivity index (χ2v) is 6.54. The van der Waals surface area contributed by atoms with E-state index in [1.54, 1.807) is 11.8 Å². The molecule has 19 heavy (non-hydrogen) atoms. The van der Waals surface area contributed by atoms with Crippen molar-refractivity contribution in [3.8, 4) is 0 Å². The van der Waals surface area contributed by atoms with Gasteiger partial charge in [-0.1, -0.05) is 11.6 Å². The molecule has 1 unspecified atom stereocenters. The Kier molecular flexibility index (Phi) is 4.20. The molecule has 2 atom stereocenters. The number of piperidine rings is 1. The Bertz CT molecular complexity index is 487. The summed E-state index contributed by atoms with van der Waals surface area (Å²) < 4.78 is 25.4. The molecule has 0 bridgehead atoms. The molecule has 1 aliphatic rings. The molecule has 5 nitrogen and oxygen atoms in total. The molecular formula is C11H15ClFN3O2S. The quantitative estimate of drug-likeness (QED) is 0.507. The summed E-state index contributed by atoms with van der Waals surface area (Å²) in [5.41, 5.74) is -0.895. The Labute approximate surface area is 119 Å². The molecule has 0 aromatic carbocycles. The largest absolute Gasteiger partial charge is 0.609 e. The molecular weight excluding hydrogens is 293 g/mol. The van der Waals surface area contributed by atoms with E-state index < -0.39 is 22.6 Å². The average molecular weight is 308 g/mol. The van der Waals surface area contributed by atoms with Crippen molar-refractivity contribution in [1.82, 2.24) is 9.97 Å². The third kappa shape index (κ3) is 3.28. The molecule has 0 aliphatic carbocycles. The fourth-order valence-corrected chi connectivity index (χ4v) is 2.78. The molecule has 0 spiro atoms. The molecule has 1 N–H and O–H groups in total. The average Bonchev–Trinajstić information content (AvgIpc) is 2.30. The smallest absolute Gasteiger partial charge is 0.346 e. The Balaban J connectivity index is 2.38. The molecule has 0 saturated carbocycles. The lowest BCUT2D eigenvalue weighted by atomic mass is 9.95. The van der Waals surface area contributed by atoms with Crippen LogP contribution in [0.15, 0.2) is 5.16 Å². The van der Waals surface area contributed by atoms with Crippen LogP contribution in [0.2, 0.25) is 5.15 Å². The zero-order valence-electron chi connectivity index (χ0n) is 10.7. The van der Waals surface area contributed by atoms with Gasteiger partial charge in [0.25, 0.3) is 0 Å². The number of anilines is 1. The molecule has 1 saturated heterocycles. The normalized spacial score (nSPS) is 25.5. The Hall–Kier alpha value is -0.630. The third-order valence-corrected chi connectivity index (χ3v) is 3.95. The monoisotopic (exact) mass is 307 g/mol. The number of halogens is 2. The molecule has 106 valence electrons. The first kappa shape index (κ1) is 14.8. The highest BCUT2D eigenvalue weighted by molar-refractivity contribution is 7.90. The molecule has 0 radical (unpaired) electrons. The maximum Gasteiger partial charge on any atom is 0.346 e. The first-order valence-electron chi connectivity index (χ1n) is 5.84. The van der Waals surface area contributed by atoms with Gasteiger partial charge in [0.15, 0.2) is 11.0 Å². The van der Waals surface area contributed by atoms with Crippen molar-refractivity contribution in [2.75, 3.05) is 24.2 Å². The van der Waals surface area contributed by atoms with Crippen molar-refractivity contribution in [2.45, 2.75) is 30.5 Å². The highest BCUT2D eigenvalue weighted by atomic mass is 35.5. The van der Waals surface area contributed by atoms with Gasteiger partial charge in [0.2, 0.25) is 5.82 Å². The standard InChI is InChI=1S/C11H15ClFN3O2S/c1-11(17)4-3-5-16(6-11)9-7(13)8(12)14-10(15-9)19(2)18/h17H,3-6H2,1-2H3/t11-,19?/m1/s1. The van der Waals surface area contributed by atoms with Crippen molar-refractivity contribution in [3.05, 3.63) is 11.0 Å². The van der Waals surface area contributed by atoms with Gasteiger partial charge >= 0.3 is 5.16 Å². The van der Waals surface area contributed by atoms with Crippen molar-refractivity contribution in [2.24, 2.45) is 0 Å². The second-order valence-electron chi connectivity index (χ2n) is 4.91. The lowest BCUT2D eigenvalue weighted by Crippen LogP contribution is -2.47. The van der Waals surface area contributed by atoms with Crippen LogP contribution in [0.4, 0.5) is 10.2 Å². The maximum absolute atomic E-state index is 14.0. The minimum absolute atomic E-state index is 0.00479. The van der Waals surface area contributed by atoms with Gasteiger partial charge in [-0.3, -0.25) is 0 Å². The van der Waals surface area contributed by atoms with E-state index in [4.69, 9.17) is 11.6 Å². The van der Waals surface area contributed by atoms with E-state index in [-0.39, 0.29) is 22.7 Å². The molecule has 8 heteroatoms.